The Balaban J connectivity index is 2.00. The molecule has 0 fully saturated rings. The van der Waals surface area contributed by atoms with Crippen LogP contribution in [0.2, 0.25) is 0 Å². The fourth-order valence-electron chi connectivity index (χ4n) is 3.01. The van der Waals surface area contributed by atoms with E-state index in [9.17, 15) is 0 Å². The van der Waals surface area contributed by atoms with Gasteiger partial charge in [0.15, 0.2) is 0 Å². The van der Waals surface area contributed by atoms with E-state index in [-0.39, 0.29) is 12.0 Å². The minimum Gasteiger partial charge on any atom is -0.377 e. The molecule has 1 heteroatoms. The van der Waals surface area contributed by atoms with Crippen molar-refractivity contribution >= 4 is 5.69 Å². The molecule has 0 aromatic heterocycles. The summed E-state index contributed by atoms with van der Waals surface area (Å²) in [6.45, 7) is 6.22. The van der Waals surface area contributed by atoms with Crippen LogP contribution in [0.1, 0.15) is 28.7 Å². The standard InChI is InChI=1S/C23H23N/c1-3-22(19-10-6-4-7-11-19)23(20-16-14-18(2)15-17-20)24-21-12-8-5-9-13-21/h3-17,22-24H,1H2,2H3/t22-,23-/m1/s1. The van der Waals surface area contributed by atoms with Crippen LogP contribution in [0.15, 0.2) is 97.6 Å². The van der Waals surface area contributed by atoms with Gasteiger partial charge in [0.2, 0.25) is 0 Å². The molecule has 0 saturated carbocycles. The molecule has 120 valence electrons. The summed E-state index contributed by atoms with van der Waals surface area (Å²) in [5.74, 6) is 0.189. The molecule has 0 aliphatic rings. The summed E-state index contributed by atoms with van der Waals surface area (Å²) >= 11 is 0. The number of para-hydroxylation sites is 1. The van der Waals surface area contributed by atoms with E-state index < -0.39 is 0 Å². The molecule has 0 aliphatic carbocycles. The van der Waals surface area contributed by atoms with Crippen molar-refractivity contribution in [1.82, 2.24) is 0 Å². The normalized spacial score (nSPS) is 13.0. The average molecular weight is 313 g/mol. The van der Waals surface area contributed by atoms with Crippen LogP contribution in [0.3, 0.4) is 0 Å². The van der Waals surface area contributed by atoms with E-state index in [1.807, 2.05) is 12.1 Å². The molecule has 3 rings (SSSR count). The second-order valence-corrected chi connectivity index (χ2v) is 6.07. The van der Waals surface area contributed by atoms with Gasteiger partial charge in [-0.05, 0) is 30.2 Å². The first-order valence-electron chi connectivity index (χ1n) is 8.33. The molecule has 3 aromatic rings. The van der Waals surface area contributed by atoms with Crippen LogP contribution in [0.5, 0.6) is 0 Å². The monoisotopic (exact) mass is 313 g/mol. The molecule has 0 amide bonds. The fourth-order valence-corrected chi connectivity index (χ4v) is 3.01. The molecule has 0 bridgehead atoms. The van der Waals surface area contributed by atoms with Crippen molar-refractivity contribution in [1.29, 1.82) is 0 Å². The van der Waals surface area contributed by atoms with E-state index in [0.717, 1.165) is 5.69 Å². The summed E-state index contributed by atoms with van der Waals surface area (Å²) in [6, 6.07) is 29.8. The highest BCUT2D eigenvalue weighted by atomic mass is 14.9. The Kier molecular flexibility index (Phi) is 5.12. The van der Waals surface area contributed by atoms with Gasteiger partial charge >= 0.3 is 0 Å². The van der Waals surface area contributed by atoms with E-state index in [2.05, 4.69) is 97.7 Å². The van der Waals surface area contributed by atoms with E-state index >= 15 is 0 Å². The van der Waals surface area contributed by atoms with Crippen LogP contribution in [0.4, 0.5) is 5.69 Å². The first kappa shape index (κ1) is 16.1. The van der Waals surface area contributed by atoms with Gasteiger partial charge in [0.1, 0.15) is 0 Å². The van der Waals surface area contributed by atoms with Crippen molar-refractivity contribution in [3.8, 4) is 0 Å². The Morgan fingerprint density at radius 2 is 1.33 bits per heavy atom. The molecule has 0 spiro atoms. The average Bonchev–Trinajstić information content (AvgIpc) is 2.64. The molecule has 3 aromatic carbocycles. The lowest BCUT2D eigenvalue weighted by Crippen LogP contribution is -2.18. The summed E-state index contributed by atoms with van der Waals surface area (Å²) < 4.78 is 0. The van der Waals surface area contributed by atoms with Crippen LogP contribution in [-0.2, 0) is 0 Å². The SMILES string of the molecule is C=C[C@H](c1ccccc1)[C@H](Nc1ccccc1)c1ccc(C)cc1. The Bertz CT molecular complexity index is 760. The number of anilines is 1. The molecule has 2 atom stereocenters. The number of rotatable bonds is 6. The Labute approximate surface area is 144 Å². The zero-order valence-corrected chi connectivity index (χ0v) is 14.0. The zero-order chi connectivity index (χ0) is 16.8. The van der Waals surface area contributed by atoms with Crippen molar-refractivity contribution in [2.75, 3.05) is 5.32 Å². The van der Waals surface area contributed by atoms with Crippen molar-refractivity contribution in [3.63, 3.8) is 0 Å². The molecule has 0 radical (unpaired) electrons. The minimum atomic E-state index is 0.132. The second-order valence-electron chi connectivity index (χ2n) is 6.07. The van der Waals surface area contributed by atoms with Gasteiger partial charge in [0, 0.05) is 11.6 Å². The van der Waals surface area contributed by atoms with E-state index in [0.29, 0.717) is 0 Å². The molecule has 0 heterocycles. The highest BCUT2D eigenvalue weighted by molar-refractivity contribution is 5.47. The third-order valence-electron chi connectivity index (χ3n) is 4.33. The van der Waals surface area contributed by atoms with Crippen LogP contribution in [0.25, 0.3) is 0 Å². The largest absolute Gasteiger partial charge is 0.377 e. The maximum Gasteiger partial charge on any atom is 0.0616 e. The first-order valence-corrected chi connectivity index (χ1v) is 8.33. The smallest absolute Gasteiger partial charge is 0.0616 e. The highest BCUT2D eigenvalue weighted by Gasteiger charge is 2.22. The second kappa shape index (κ2) is 7.65. The predicted molar refractivity (Wildman–Crippen MR) is 103 cm³/mol. The Morgan fingerprint density at radius 3 is 1.92 bits per heavy atom. The lowest BCUT2D eigenvalue weighted by molar-refractivity contribution is 0.692. The van der Waals surface area contributed by atoms with E-state index in [1.165, 1.54) is 16.7 Å². The molecule has 0 unspecified atom stereocenters. The van der Waals surface area contributed by atoms with Gasteiger partial charge in [-0.3, -0.25) is 0 Å². The van der Waals surface area contributed by atoms with Crippen LogP contribution < -0.4 is 5.32 Å². The van der Waals surface area contributed by atoms with Crippen LogP contribution >= 0.6 is 0 Å². The van der Waals surface area contributed by atoms with E-state index in [4.69, 9.17) is 0 Å². The topological polar surface area (TPSA) is 12.0 Å². The molecular weight excluding hydrogens is 290 g/mol. The number of hydrogen-bond acceptors (Lipinski definition) is 1. The quantitative estimate of drug-likeness (QED) is 0.541. The van der Waals surface area contributed by atoms with Gasteiger partial charge < -0.3 is 5.32 Å². The van der Waals surface area contributed by atoms with Gasteiger partial charge in [0.25, 0.3) is 0 Å². The van der Waals surface area contributed by atoms with E-state index in [1.54, 1.807) is 0 Å². The molecule has 24 heavy (non-hydrogen) atoms. The molecule has 0 saturated heterocycles. The van der Waals surface area contributed by atoms with Gasteiger partial charge in [-0.1, -0.05) is 84.4 Å². The zero-order valence-electron chi connectivity index (χ0n) is 14.0. The molecule has 0 aliphatic heterocycles. The van der Waals surface area contributed by atoms with Crippen LogP contribution in [0, 0.1) is 6.92 Å². The molecule has 1 nitrogen and oxygen atoms in total. The van der Waals surface area contributed by atoms with Gasteiger partial charge in [-0.15, -0.1) is 6.58 Å². The minimum absolute atomic E-state index is 0.132. The Hall–Kier alpha value is -2.80. The summed E-state index contributed by atoms with van der Waals surface area (Å²) in [5, 5.41) is 3.69. The number of hydrogen-bond donors (Lipinski definition) is 1. The summed E-state index contributed by atoms with van der Waals surface area (Å²) in [4.78, 5) is 0. The van der Waals surface area contributed by atoms with Gasteiger partial charge in [0.05, 0.1) is 6.04 Å². The third-order valence-corrected chi connectivity index (χ3v) is 4.33. The summed E-state index contributed by atoms with van der Waals surface area (Å²) in [5.41, 5.74) is 4.91. The summed E-state index contributed by atoms with van der Waals surface area (Å²) in [7, 11) is 0. The van der Waals surface area contributed by atoms with Crippen molar-refractivity contribution in [3.05, 3.63) is 114 Å². The molecular formula is C23H23N. The Morgan fingerprint density at radius 1 is 0.750 bits per heavy atom. The fraction of sp³-hybridized carbons (Fsp3) is 0.130. The van der Waals surface area contributed by atoms with Crippen molar-refractivity contribution < 1.29 is 0 Å². The first-order chi connectivity index (χ1) is 11.8. The lowest BCUT2D eigenvalue weighted by atomic mass is 9.86. The van der Waals surface area contributed by atoms with Gasteiger partial charge in [-0.25, -0.2) is 0 Å². The lowest BCUT2D eigenvalue weighted by Gasteiger charge is -2.28. The van der Waals surface area contributed by atoms with Crippen molar-refractivity contribution in [2.24, 2.45) is 0 Å². The van der Waals surface area contributed by atoms with Gasteiger partial charge in [-0.2, -0.15) is 0 Å². The third kappa shape index (κ3) is 3.75. The summed E-state index contributed by atoms with van der Waals surface area (Å²) in [6.07, 6.45) is 2.04. The van der Waals surface area contributed by atoms with Crippen LogP contribution in [-0.4, -0.2) is 0 Å². The number of aryl methyl sites for hydroxylation is 1. The highest BCUT2D eigenvalue weighted by Crippen LogP contribution is 2.35. The number of nitrogens with one attached hydrogen (secondary N) is 1. The van der Waals surface area contributed by atoms with Crippen molar-refractivity contribution in [2.45, 2.75) is 18.9 Å². The predicted octanol–water partition coefficient (Wildman–Crippen LogP) is 6.12. The maximum atomic E-state index is 4.10. The molecule has 1 N–H and O–H groups in total. The maximum absolute atomic E-state index is 4.10. The number of benzene rings is 3.